The van der Waals surface area contributed by atoms with Gasteiger partial charge in [-0.25, -0.2) is 9.78 Å². The number of anilines is 1. The molecule has 0 aliphatic heterocycles. The van der Waals surface area contributed by atoms with Gasteiger partial charge in [0.25, 0.3) is 0 Å². The topological polar surface area (TPSA) is 65.5 Å². The molecule has 5 nitrogen and oxygen atoms in total. The van der Waals surface area contributed by atoms with Gasteiger partial charge in [0.1, 0.15) is 5.82 Å². The van der Waals surface area contributed by atoms with Gasteiger partial charge in [-0.3, -0.25) is 0 Å². The zero-order valence-electron chi connectivity index (χ0n) is 9.77. The summed E-state index contributed by atoms with van der Waals surface area (Å²) in [5.74, 6) is -0.347. The fraction of sp³-hybridized carbons (Fsp3) is 0.455. The lowest BCUT2D eigenvalue weighted by Gasteiger charge is -2.18. The molecule has 1 rings (SSSR count). The minimum absolute atomic E-state index is 0.214. The molecule has 0 saturated carbocycles. The summed E-state index contributed by atoms with van der Waals surface area (Å²) in [6.07, 6.45) is 1.49. The number of hydrogen-bond acceptors (Lipinski definition) is 4. The molecule has 0 amide bonds. The molecule has 16 heavy (non-hydrogen) atoms. The number of carbonyl (C=O) groups is 1. The van der Waals surface area contributed by atoms with Crippen LogP contribution in [0.25, 0.3) is 0 Å². The van der Waals surface area contributed by atoms with E-state index < -0.39 is 5.97 Å². The number of hydrogen-bond donors (Lipinski definition) is 2. The van der Waals surface area contributed by atoms with E-state index in [1.807, 2.05) is 21.0 Å². The molecule has 88 valence electrons. The number of rotatable bonds is 5. The molecule has 2 N–H and O–H groups in total. The molecule has 0 bridgehead atoms. The van der Waals surface area contributed by atoms with Crippen molar-refractivity contribution in [1.29, 1.82) is 0 Å². The van der Waals surface area contributed by atoms with Crippen LogP contribution in [0.1, 0.15) is 17.3 Å². The number of carboxylic acid groups (broad SMARTS) is 1. The van der Waals surface area contributed by atoms with Crippen LogP contribution in [0.2, 0.25) is 0 Å². The van der Waals surface area contributed by atoms with Gasteiger partial charge in [0.2, 0.25) is 0 Å². The van der Waals surface area contributed by atoms with Crippen LogP contribution in [-0.4, -0.2) is 47.6 Å². The van der Waals surface area contributed by atoms with Gasteiger partial charge in [-0.2, -0.15) is 0 Å². The Hall–Kier alpha value is -1.62. The quantitative estimate of drug-likeness (QED) is 0.783. The van der Waals surface area contributed by atoms with Crippen molar-refractivity contribution >= 4 is 11.8 Å². The fourth-order valence-corrected chi connectivity index (χ4v) is 1.49. The predicted octanol–water partition coefficient (Wildman–Crippen LogP) is 1.14. The minimum atomic E-state index is -0.939. The molecule has 1 heterocycles. The standard InChI is InChI=1S/C11H17N3O2/c1-8(7-14(2)3)13-10-6-9(11(15)16)4-5-12-10/h4-6,8H,7H2,1-3H3,(H,12,13)(H,15,16). The van der Waals surface area contributed by atoms with E-state index in [0.717, 1.165) is 6.54 Å². The first-order valence-electron chi connectivity index (χ1n) is 5.09. The average Bonchev–Trinajstić information content (AvgIpc) is 2.16. The van der Waals surface area contributed by atoms with E-state index in [0.29, 0.717) is 5.82 Å². The molecule has 0 fully saturated rings. The molecule has 0 aromatic carbocycles. The highest BCUT2D eigenvalue weighted by Gasteiger charge is 2.07. The molecule has 1 aromatic heterocycles. The van der Waals surface area contributed by atoms with Crippen molar-refractivity contribution in [3.05, 3.63) is 23.9 Å². The molecular formula is C11H17N3O2. The summed E-state index contributed by atoms with van der Waals surface area (Å²) in [6, 6.07) is 3.23. The second-order valence-corrected chi connectivity index (χ2v) is 4.04. The highest BCUT2D eigenvalue weighted by atomic mass is 16.4. The average molecular weight is 223 g/mol. The number of aromatic nitrogens is 1. The Bertz CT molecular complexity index is 366. The van der Waals surface area contributed by atoms with Crippen LogP contribution in [0.3, 0.4) is 0 Å². The molecule has 1 atom stereocenters. The fourth-order valence-electron chi connectivity index (χ4n) is 1.49. The second-order valence-electron chi connectivity index (χ2n) is 4.04. The number of nitrogens with zero attached hydrogens (tertiary/aromatic N) is 2. The van der Waals surface area contributed by atoms with Crippen molar-refractivity contribution in [2.24, 2.45) is 0 Å². The maximum absolute atomic E-state index is 10.8. The van der Waals surface area contributed by atoms with Crippen molar-refractivity contribution < 1.29 is 9.90 Å². The Kier molecular flexibility index (Phi) is 4.25. The first-order chi connectivity index (χ1) is 7.49. The normalized spacial score (nSPS) is 12.5. The summed E-state index contributed by atoms with van der Waals surface area (Å²) in [6.45, 7) is 2.88. The van der Waals surface area contributed by atoms with E-state index in [9.17, 15) is 4.79 Å². The third-order valence-corrected chi connectivity index (χ3v) is 2.04. The van der Waals surface area contributed by atoms with Crippen LogP contribution in [0.4, 0.5) is 5.82 Å². The molecule has 1 aromatic rings. The zero-order valence-corrected chi connectivity index (χ0v) is 9.77. The number of pyridine rings is 1. The Morgan fingerprint density at radius 2 is 2.31 bits per heavy atom. The van der Waals surface area contributed by atoms with Crippen LogP contribution >= 0.6 is 0 Å². The Morgan fingerprint density at radius 3 is 2.88 bits per heavy atom. The van der Waals surface area contributed by atoms with Crippen LogP contribution in [0.15, 0.2) is 18.3 Å². The molecular weight excluding hydrogens is 206 g/mol. The van der Waals surface area contributed by atoms with Gasteiger partial charge in [0.05, 0.1) is 5.56 Å². The Labute approximate surface area is 95.1 Å². The van der Waals surface area contributed by atoms with E-state index in [-0.39, 0.29) is 11.6 Å². The third-order valence-electron chi connectivity index (χ3n) is 2.04. The van der Waals surface area contributed by atoms with E-state index in [1.54, 1.807) is 0 Å². The Morgan fingerprint density at radius 1 is 1.62 bits per heavy atom. The lowest BCUT2D eigenvalue weighted by atomic mass is 10.2. The van der Waals surface area contributed by atoms with Crippen LogP contribution in [-0.2, 0) is 0 Å². The van der Waals surface area contributed by atoms with Gasteiger partial charge in [-0.05, 0) is 33.2 Å². The molecule has 0 aliphatic carbocycles. The largest absolute Gasteiger partial charge is 0.478 e. The number of likely N-dealkylation sites (N-methyl/N-ethyl adjacent to an activating group) is 1. The molecule has 0 saturated heterocycles. The number of carboxylic acids is 1. The third kappa shape index (κ3) is 3.86. The summed E-state index contributed by atoms with van der Waals surface area (Å²) in [7, 11) is 3.97. The van der Waals surface area contributed by atoms with E-state index in [1.165, 1.54) is 18.3 Å². The Balaban J connectivity index is 2.66. The predicted molar refractivity (Wildman–Crippen MR) is 62.8 cm³/mol. The maximum Gasteiger partial charge on any atom is 0.335 e. The lowest BCUT2D eigenvalue weighted by Crippen LogP contribution is -2.30. The molecule has 0 spiro atoms. The summed E-state index contributed by atoms with van der Waals surface area (Å²) < 4.78 is 0. The van der Waals surface area contributed by atoms with Crippen LogP contribution < -0.4 is 5.32 Å². The highest BCUT2D eigenvalue weighted by molar-refractivity contribution is 5.88. The van der Waals surface area contributed by atoms with Gasteiger partial charge in [0.15, 0.2) is 0 Å². The van der Waals surface area contributed by atoms with Crippen LogP contribution in [0, 0.1) is 0 Å². The SMILES string of the molecule is CC(CN(C)C)Nc1cc(C(=O)O)ccn1. The molecule has 1 unspecified atom stereocenters. The van der Waals surface area contributed by atoms with Crippen molar-refractivity contribution in [3.8, 4) is 0 Å². The summed E-state index contributed by atoms with van der Waals surface area (Å²) in [5.41, 5.74) is 0.245. The van der Waals surface area contributed by atoms with Crippen molar-refractivity contribution in [3.63, 3.8) is 0 Å². The van der Waals surface area contributed by atoms with E-state index in [4.69, 9.17) is 5.11 Å². The van der Waals surface area contributed by atoms with Gasteiger partial charge in [0, 0.05) is 18.8 Å². The second kappa shape index (κ2) is 5.46. The maximum atomic E-state index is 10.8. The lowest BCUT2D eigenvalue weighted by molar-refractivity contribution is 0.0697. The number of aromatic carboxylic acids is 1. The van der Waals surface area contributed by atoms with Gasteiger partial charge < -0.3 is 15.3 Å². The van der Waals surface area contributed by atoms with Gasteiger partial charge in [-0.15, -0.1) is 0 Å². The first kappa shape index (κ1) is 12.4. The molecule has 0 aliphatic rings. The van der Waals surface area contributed by atoms with E-state index >= 15 is 0 Å². The van der Waals surface area contributed by atoms with Crippen molar-refractivity contribution in [1.82, 2.24) is 9.88 Å². The zero-order chi connectivity index (χ0) is 12.1. The summed E-state index contributed by atoms with van der Waals surface area (Å²) >= 11 is 0. The highest BCUT2D eigenvalue weighted by Crippen LogP contribution is 2.08. The van der Waals surface area contributed by atoms with Crippen molar-refractivity contribution in [2.45, 2.75) is 13.0 Å². The smallest absolute Gasteiger partial charge is 0.335 e. The van der Waals surface area contributed by atoms with Gasteiger partial charge >= 0.3 is 5.97 Å². The monoisotopic (exact) mass is 223 g/mol. The van der Waals surface area contributed by atoms with E-state index in [2.05, 4.69) is 15.2 Å². The number of nitrogens with one attached hydrogen (secondary N) is 1. The molecule has 5 heteroatoms. The van der Waals surface area contributed by atoms with Crippen molar-refractivity contribution in [2.75, 3.05) is 26.0 Å². The molecule has 0 radical (unpaired) electrons. The van der Waals surface area contributed by atoms with Gasteiger partial charge in [-0.1, -0.05) is 0 Å². The summed E-state index contributed by atoms with van der Waals surface area (Å²) in [4.78, 5) is 16.9. The minimum Gasteiger partial charge on any atom is -0.478 e. The first-order valence-corrected chi connectivity index (χ1v) is 5.09. The summed E-state index contributed by atoms with van der Waals surface area (Å²) in [5, 5.41) is 12.0. The van der Waals surface area contributed by atoms with Crippen LogP contribution in [0.5, 0.6) is 0 Å².